The monoisotopic (exact) mass is 181 g/mol. The van der Waals surface area contributed by atoms with Crippen LogP contribution in [0.2, 0.25) is 0 Å². The van der Waals surface area contributed by atoms with Crippen LogP contribution in [0, 0.1) is 0 Å². The van der Waals surface area contributed by atoms with Gasteiger partial charge >= 0.3 is 0 Å². The lowest BCUT2D eigenvalue weighted by atomic mass is 10.2. The highest BCUT2D eigenvalue weighted by atomic mass is 16.3. The summed E-state index contributed by atoms with van der Waals surface area (Å²) in [5.74, 6) is 0.208. The maximum atomic E-state index is 11.0. The largest absolute Gasteiger partial charge is 0.469 e. The van der Waals surface area contributed by atoms with E-state index in [9.17, 15) is 4.79 Å². The molecule has 5 nitrogen and oxygen atoms in total. The molecule has 0 saturated carbocycles. The molecule has 13 heavy (non-hydrogen) atoms. The van der Waals surface area contributed by atoms with Crippen molar-refractivity contribution in [2.75, 3.05) is 0 Å². The highest BCUT2D eigenvalue weighted by Gasteiger charge is 2.02. The Balaban J connectivity index is 2.35. The van der Waals surface area contributed by atoms with Gasteiger partial charge < -0.3 is 15.9 Å². The summed E-state index contributed by atoms with van der Waals surface area (Å²) in [6, 6.07) is 3.56. The number of furan rings is 1. The molecule has 1 aromatic heterocycles. The Morgan fingerprint density at radius 2 is 2.31 bits per heavy atom. The van der Waals surface area contributed by atoms with Gasteiger partial charge in [-0.2, -0.15) is 4.99 Å². The quantitative estimate of drug-likeness (QED) is 0.507. The van der Waals surface area contributed by atoms with Gasteiger partial charge in [0.25, 0.3) is 0 Å². The Bertz CT molecular complexity index is 299. The van der Waals surface area contributed by atoms with E-state index >= 15 is 0 Å². The number of carbonyl (C=O) groups excluding carboxylic acids is 1. The lowest BCUT2D eigenvalue weighted by Crippen LogP contribution is -2.24. The first-order valence-corrected chi connectivity index (χ1v) is 3.83. The molecule has 70 valence electrons. The normalized spacial score (nSPS) is 9.54. The van der Waals surface area contributed by atoms with Crippen LogP contribution in [0.25, 0.3) is 0 Å². The van der Waals surface area contributed by atoms with Gasteiger partial charge in [-0.25, -0.2) is 0 Å². The summed E-state index contributed by atoms with van der Waals surface area (Å²) >= 11 is 0. The standard InChI is InChI=1S/C8H11N3O2/c9-8(10)11-7(12)4-3-6-2-1-5-13-6/h1-2,5H,3-4H2,(H4,9,10,11,12). The molecule has 1 heterocycles. The third-order valence-electron chi connectivity index (χ3n) is 1.42. The summed E-state index contributed by atoms with van der Waals surface area (Å²) in [7, 11) is 0. The van der Waals surface area contributed by atoms with Crippen LogP contribution in [0.1, 0.15) is 12.2 Å². The molecule has 0 unspecified atom stereocenters. The molecule has 0 aliphatic heterocycles. The molecular formula is C8H11N3O2. The van der Waals surface area contributed by atoms with Crippen molar-refractivity contribution in [3.05, 3.63) is 24.2 Å². The summed E-state index contributed by atoms with van der Waals surface area (Å²) in [5.41, 5.74) is 10.1. The van der Waals surface area contributed by atoms with Gasteiger partial charge in [0.1, 0.15) is 5.76 Å². The molecule has 0 aliphatic rings. The topological polar surface area (TPSA) is 94.6 Å². The van der Waals surface area contributed by atoms with Crippen LogP contribution in [0.15, 0.2) is 27.8 Å². The fraction of sp³-hybridized carbons (Fsp3) is 0.250. The van der Waals surface area contributed by atoms with E-state index in [4.69, 9.17) is 15.9 Å². The molecule has 0 spiro atoms. The smallest absolute Gasteiger partial charge is 0.249 e. The van der Waals surface area contributed by atoms with Gasteiger partial charge in [-0.3, -0.25) is 4.79 Å². The number of hydrogen-bond donors (Lipinski definition) is 2. The molecule has 0 atom stereocenters. The van der Waals surface area contributed by atoms with Crippen molar-refractivity contribution in [2.24, 2.45) is 16.5 Å². The zero-order chi connectivity index (χ0) is 9.68. The van der Waals surface area contributed by atoms with E-state index in [0.29, 0.717) is 6.42 Å². The molecule has 0 aliphatic carbocycles. The number of carbonyl (C=O) groups is 1. The van der Waals surface area contributed by atoms with Crippen molar-refractivity contribution in [3.63, 3.8) is 0 Å². The van der Waals surface area contributed by atoms with Gasteiger partial charge in [-0.15, -0.1) is 0 Å². The highest BCUT2D eigenvalue weighted by Crippen LogP contribution is 2.03. The van der Waals surface area contributed by atoms with Crippen LogP contribution in [0.5, 0.6) is 0 Å². The maximum absolute atomic E-state index is 11.0. The lowest BCUT2D eigenvalue weighted by Gasteiger charge is -1.93. The van der Waals surface area contributed by atoms with Crippen molar-refractivity contribution in [1.29, 1.82) is 0 Å². The SMILES string of the molecule is NC(N)=NC(=O)CCc1ccco1. The minimum absolute atomic E-state index is 0.204. The van der Waals surface area contributed by atoms with E-state index < -0.39 is 0 Å². The average molecular weight is 181 g/mol. The second-order valence-electron chi connectivity index (χ2n) is 2.51. The summed E-state index contributed by atoms with van der Waals surface area (Å²) < 4.78 is 5.03. The fourth-order valence-corrected chi connectivity index (χ4v) is 0.885. The number of amides is 1. The highest BCUT2D eigenvalue weighted by molar-refractivity contribution is 5.91. The first kappa shape index (κ1) is 9.31. The minimum Gasteiger partial charge on any atom is -0.469 e. The summed E-state index contributed by atoms with van der Waals surface area (Å²) in [4.78, 5) is 14.3. The zero-order valence-electron chi connectivity index (χ0n) is 7.06. The second kappa shape index (κ2) is 4.30. The predicted octanol–water partition coefficient (Wildman–Crippen LogP) is 0.0122. The van der Waals surface area contributed by atoms with Crippen molar-refractivity contribution in [3.8, 4) is 0 Å². The Morgan fingerprint density at radius 1 is 1.54 bits per heavy atom. The van der Waals surface area contributed by atoms with E-state index in [1.54, 1.807) is 18.4 Å². The Kier molecular flexibility index (Phi) is 3.08. The molecule has 0 bridgehead atoms. The van der Waals surface area contributed by atoms with Crippen molar-refractivity contribution >= 4 is 11.9 Å². The minimum atomic E-state index is -0.337. The molecule has 5 heteroatoms. The van der Waals surface area contributed by atoms with Crippen LogP contribution in [0.4, 0.5) is 0 Å². The first-order chi connectivity index (χ1) is 6.18. The number of nitrogens with two attached hydrogens (primary N) is 2. The van der Waals surface area contributed by atoms with Crippen LogP contribution in [0.3, 0.4) is 0 Å². The Morgan fingerprint density at radius 3 is 2.85 bits per heavy atom. The van der Waals surface area contributed by atoms with E-state index in [0.717, 1.165) is 5.76 Å². The molecule has 1 amide bonds. The average Bonchev–Trinajstić information content (AvgIpc) is 2.51. The van der Waals surface area contributed by atoms with E-state index in [1.165, 1.54) is 0 Å². The van der Waals surface area contributed by atoms with Crippen molar-refractivity contribution in [1.82, 2.24) is 0 Å². The van der Waals surface area contributed by atoms with Gasteiger partial charge in [0.15, 0.2) is 5.96 Å². The fourth-order valence-electron chi connectivity index (χ4n) is 0.885. The van der Waals surface area contributed by atoms with Gasteiger partial charge in [-0.1, -0.05) is 0 Å². The number of aryl methyl sites for hydroxylation is 1. The molecule has 0 radical (unpaired) electrons. The summed E-state index contributed by atoms with van der Waals surface area (Å²) in [5, 5.41) is 0. The number of guanidine groups is 1. The van der Waals surface area contributed by atoms with Crippen molar-refractivity contribution in [2.45, 2.75) is 12.8 Å². The number of nitrogens with zero attached hydrogens (tertiary/aromatic N) is 1. The van der Waals surface area contributed by atoms with Crippen molar-refractivity contribution < 1.29 is 9.21 Å². The molecule has 0 saturated heterocycles. The van der Waals surface area contributed by atoms with Gasteiger partial charge in [0, 0.05) is 12.8 Å². The van der Waals surface area contributed by atoms with E-state index in [2.05, 4.69) is 4.99 Å². The number of rotatable bonds is 3. The van der Waals surface area contributed by atoms with Crippen LogP contribution >= 0.6 is 0 Å². The molecular weight excluding hydrogens is 170 g/mol. The third kappa shape index (κ3) is 3.42. The third-order valence-corrected chi connectivity index (χ3v) is 1.42. The molecule has 0 aromatic carbocycles. The molecule has 1 rings (SSSR count). The summed E-state index contributed by atoms with van der Waals surface area (Å²) in [6.45, 7) is 0. The Labute approximate surface area is 75.4 Å². The zero-order valence-corrected chi connectivity index (χ0v) is 7.06. The maximum Gasteiger partial charge on any atom is 0.249 e. The van der Waals surface area contributed by atoms with Crippen LogP contribution in [-0.2, 0) is 11.2 Å². The Hall–Kier alpha value is -1.78. The van der Waals surface area contributed by atoms with Gasteiger partial charge in [0.2, 0.25) is 5.91 Å². The second-order valence-corrected chi connectivity index (χ2v) is 2.51. The molecule has 0 fully saturated rings. The lowest BCUT2D eigenvalue weighted by molar-refractivity contribution is -0.117. The van der Waals surface area contributed by atoms with Gasteiger partial charge in [0.05, 0.1) is 6.26 Å². The first-order valence-electron chi connectivity index (χ1n) is 3.83. The van der Waals surface area contributed by atoms with Crippen LogP contribution < -0.4 is 11.5 Å². The molecule has 1 aromatic rings. The number of aliphatic imine (C=N–C) groups is 1. The van der Waals surface area contributed by atoms with E-state index in [-0.39, 0.29) is 18.3 Å². The summed E-state index contributed by atoms with van der Waals surface area (Å²) in [6.07, 6.45) is 2.33. The number of hydrogen-bond acceptors (Lipinski definition) is 2. The predicted molar refractivity (Wildman–Crippen MR) is 47.8 cm³/mol. The van der Waals surface area contributed by atoms with E-state index in [1.807, 2.05) is 0 Å². The van der Waals surface area contributed by atoms with Crippen LogP contribution in [-0.4, -0.2) is 11.9 Å². The molecule has 4 N–H and O–H groups in total. The van der Waals surface area contributed by atoms with Gasteiger partial charge in [-0.05, 0) is 12.1 Å².